The fourth-order valence-corrected chi connectivity index (χ4v) is 2.37. The smallest absolute Gasteiger partial charge is 0.328 e. The molecule has 1 aromatic carbocycles. The minimum atomic E-state index is -0.610. The third-order valence-electron chi connectivity index (χ3n) is 3.25. The largest absolute Gasteiger partial charge is 0.467 e. The number of thioether (sulfide) groups is 1. The van der Waals surface area contributed by atoms with E-state index in [0.29, 0.717) is 6.42 Å². The highest BCUT2D eigenvalue weighted by Crippen LogP contribution is 2.13. The number of esters is 1. The standard InChI is InChI=1S/C17H24N2O3S/c1-19(2)14-8-5-13(6-9-14)7-10-16(20)18-15(11-12-23-4)17(21)22-3/h5-10,15H,11-12H2,1-4H3,(H,18,20)/b10-7+/t15-/m0/s1. The minimum Gasteiger partial charge on any atom is -0.467 e. The Morgan fingerprint density at radius 2 is 1.96 bits per heavy atom. The van der Waals surface area contributed by atoms with Crippen LogP contribution in [0, 0.1) is 0 Å². The summed E-state index contributed by atoms with van der Waals surface area (Å²) in [6.45, 7) is 0. The Morgan fingerprint density at radius 1 is 1.30 bits per heavy atom. The second-order valence-corrected chi connectivity index (χ2v) is 6.17. The molecule has 1 atom stereocenters. The molecule has 0 aliphatic carbocycles. The predicted octanol–water partition coefficient (Wildman–Crippen LogP) is 2.18. The summed E-state index contributed by atoms with van der Waals surface area (Å²) in [5.41, 5.74) is 2.01. The maximum Gasteiger partial charge on any atom is 0.328 e. The third kappa shape index (κ3) is 6.78. The normalized spacial score (nSPS) is 12.0. The van der Waals surface area contributed by atoms with Gasteiger partial charge in [0, 0.05) is 25.9 Å². The monoisotopic (exact) mass is 336 g/mol. The van der Waals surface area contributed by atoms with Gasteiger partial charge in [-0.05, 0) is 42.2 Å². The first-order valence-corrected chi connectivity index (χ1v) is 8.70. The fourth-order valence-electron chi connectivity index (χ4n) is 1.90. The molecule has 5 nitrogen and oxygen atoms in total. The second-order valence-electron chi connectivity index (χ2n) is 5.19. The first-order valence-electron chi connectivity index (χ1n) is 7.30. The quantitative estimate of drug-likeness (QED) is 0.582. The van der Waals surface area contributed by atoms with Crippen LogP contribution in [-0.2, 0) is 14.3 Å². The zero-order valence-electron chi connectivity index (χ0n) is 14.0. The van der Waals surface area contributed by atoms with Crippen LogP contribution in [0.4, 0.5) is 5.69 Å². The summed E-state index contributed by atoms with van der Waals surface area (Å²) < 4.78 is 4.72. The molecule has 126 valence electrons. The van der Waals surface area contributed by atoms with Crippen molar-refractivity contribution in [3.05, 3.63) is 35.9 Å². The average Bonchev–Trinajstić information content (AvgIpc) is 2.56. The van der Waals surface area contributed by atoms with E-state index in [0.717, 1.165) is 17.0 Å². The van der Waals surface area contributed by atoms with Crippen LogP contribution in [0.1, 0.15) is 12.0 Å². The van der Waals surface area contributed by atoms with Crippen molar-refractivity contribution in [2.24, 2.45) is 0 Å². The summed E-state index contributed by atoms with van der Waals surface area (Å²) in [5.74, 6) is 0.0461. The Kier molecular flexibility index (Phi) is 8.26. The van der Waals surface area contributed by atoms with Crippen LogP contribution in [0.3, 0.4) is 0 Å². The molecule has 1 aromatic rings. The summed E-state index contributed by atoms with van der Waals surface area (Å²) in [7, 11) is 5.27. The average molecular weight is 336 g/mol. The lowest BCUT2D eigenvalue weighted by Gasteiger charge is -2.14. The van der Waals surface area contributed by atoms with Crippen molar-refractivity contribution < 1.29 is 14.3 Å². The molecule has 0 spiro atoms. The summed E-state index contributed by atoms with van der Waals surface area (Å²) in [5, 5.41) is 2.68. The van der Waals surface area contributed by atoms with E-state index in [9.17, 15) is 9.59 Å². The van der Waals surface area contributed by atoms with Gasteiger partial charge < -0.3 is 15.0 Å². The van der Waals surface area contributed by atoms with Gasteiger partial charge in [0.2, 0.25) is 5.91 Å². The molecular formula is C17H24N2O3S. The van der Waals surface area contributed by atoms with Crippen molar-refractivity contribution in [1.29, 1.82) is 0 Å². The Labute approximate surface area is 142 Å². The summed E-state index contributed by atoms with van der Waals surface area (Å²) >= 11 is 1.62. The molecule has 6 heteroatoms. The molecule has 1 rings (SSSR count). The molecule has 0 unspecified atom stereocenters. The van der Waals surface area contributed by atoms with Gasteiger partial charge in [-0.25, -0.2) is 4.79 Å². The van der Waals surface area contributed by atoms with Gasteiger partial charge >= 0.3 is 5.97 Å². The van der Waals surface area contributed by atoms with E-state index < -0.39 is 12.0 Å². The van der Waals surface area contributed by atoms with Crippen LogP contribution < -0.4 is 10.2 Å². The van der Waals surface area contributed by atoms with E-state index in [1.165, 1.54) is 13.2 Å². The van der Waals surface area contributed by atoms with Gasteiger partial charge in [-0.2, -0.15) is 11.8 Å². The van der Waals surface area contributed by atoms with Crippen LogP contribution in [0.5, 0.6) is 0 Å². The van der Waals surface area contributed by atoms with Crippen LogP contribution >= 0.6 is 11.8 Å². The lowest BCUT2D eigenvalue weighted by Crippen LogP contribution is -2.41. The summed E-state index contributed by atoms with van der Waals surface area (Å²) in [6.07, 6.45) is 5.65. The number of hydrogen-bond acceptors (Lipinski definition) is 5. The zero-order valence-corrected chi connectivity index (χ0v) is 14.9. The molecule has 1 amide bonds. The molecular weight excluding hydrogens is 312 g/mol. The number of rotatable bonds is 8. The minimum absolute atomic E-state index is 0.307. The number of amides is 1. The number of ether oxygens (including phenoxy) is 1. The first kappa shape index (κ1) is 19.1. The number of nitrogens with one attached hydrogen (secondary N) is 1. The summed E-state index contributed by atoms with van der Waals surface area (Å²) in [6, 6.07) is 7.22. The lowest BCUT2D eigenvalue weighted by molar-refractivity contribution is -0.144. The maximum absolute atomic E-state index is 12.0. The Hall–Kier alpha value is -1.95. The molecule has 0 aliphatic rings. The van der Waals surface area contributed by atoms with Gasteiger partial charge in [0.05, 0.1) is 7.11 Å². The van der Waals surface area contributed by atoms with Crippen LogP contribution in [0.25, 0.3) is 6.08 Å². The van der Waals surface area contributed by atoms with Crippen molar-refractivity contribution in [2.45, 2.75) is 12.5 Å². The van der Waals surface area contributed by atoms with Gasteiger partial charge in [0.25, 0.3) is 0 Å². The molecule has 0 radical (unpaired) electrons. The number of benzene rings is 1. The SMILES string of the molecule is COC(=O)[C@H](CCSC)NC(=O)/C=C/c1ccc(N(C)C)cc1. The van der Waals surface area contributed by atoms with E-state index in [-0.39, 0.29) is 5.91 Å². The lowest BCUT2D eigenvalue weighted by atomic mass is 10.2. The topological polar surface area (TPSA) is 58.6 Å². The van der Waals surface area contributed by atoms with E-state index in [2.05, 4.69) is 5.32 Å². The van der Waals surface area contributed by atoms with Gasteiger partial charge in [0.15, 0.2) is 0 Å². The van der Waals surface area contributed by atoms with Crippen molar-refractivity contribution in [2.75, 3.05) is 38.1 Å². The zero-order chi connectivity index (χ0) is 17.2. The van der Waals surface area contributed by atoms with Crippen molar-refractivity contribution >= 4 is 35.4 Å². The number of carbonyl (C=O) groups excluding carboxylic acids is 2. The third-order valence-corrected chi connectivity index (χ3v) is 3.89. The number of hydrogen-bond donors (Lipinski definition) is 1. The highest BCUT2D eigenvalue weighted by Gasteiger charge is 2.19. The molecule has 0 fully saturated rings. The fraction of sp³-hybridized carbons (Fsp3) is 0.412. The van der Waals surface area contributed by atoms with Crippen LogP contribution in [-0.4, -0.2) is 51.1 Å². The number of anilines is 1. The van der Waals surface area contributed by atoms with E-state index >= 15 is 0 Å². The highest BCUT2D eigenvalue weighted by atomic mass is 32.2. The van der Waals surface area contributed by atoms with Crippen LogP contribution in [0.2, 0.25) is 0 Å². The Bertz CT molecular complexity index is 541. The Morgan fingerprint density at radius 3 is 2.48 bits per heavy atom. The summed E-state index contributed by atoms with van der Waals surface area (Å²) in [4.78, 5) is 25.6. The molecule has 0 saturated heterocycles. The van der Waals surface area contributed by atoms with Crippen LogP contribution in [0.15, 0.2) is 30.3 Å². The van der Waals surface area contributed by atoms with E-state index in [4.69, 9.17) is 4.74 Å². The number of nitrogens with zero attached hydrogens (tertiary/aromatic N) is 1. The van der Waals surface area contributed by atoms with Crippen molar-refractivity contribution in [1.82, 2.24) is 5.32 Å². The molecule has 0 bridgehead atoms. The van der Waals surface area contributed by atoms with E-state index in [1.54, 1.807) is 17.8 Å². The maximum atomic E-state index is 12.0. The second kappa shape index (κ2) is 9.94. The Balaban J connectivity index is 2.63. The number of carbonyl (C=O) groups is 2. The molecule has 0 aromatic heterocycles. The van der Waals surface area contributed by atoms with Gasteiger partial charge in [0.1, 0.15) is 6.04 Å². The highest BCUT2D eigenvalue weighted by molar-refractivity contribution is 7.98. The molecule has 0 aliphatic heterocycles. The molecule has 0 heterocycles. The van der Waals surface area contributed by atoms with Gasteiger partial charge in [-0.15, -0.1) is 0 Å². The molecule has 23 heavy (non-hydrogen) atoms. The first-order chi connectivity index (χ1) is 11.0. The van der Waals surface area contributed by atoms with Crippen molar-refractivity contribution in [3.8, 4) is 0 Å². The van der Waals surface area contributed by atoms with E-state index in [1.807, 2.05) is 49.5 Å². The van der Waals surface area contributed by atoms with Crippen molar-refractivity contribution in [3.63, 3.8) is 0 Å². The van der Waals surface area contributed by atoms with Gasteiger partial charge in [-0.3, -0.25) is 4.79 Å². The molecule has 1 N–H and O–H groups in total. The number of methoxy groups -OCH3 is 1. The molecule has 0 saturated carbocycles. The van der Waals surface area contributed by atoms with Gasteiger partial charge in [-0.1, -0.05) is 12.1 Å². The predicted molar refractivity (Wildman–Crippen MR) is 96.7 cm³/mol.